The van der Waals surface area contributed by atoms with Crippen LogP contribution in [0.15, 0.2) is 47.1 Å². The highest BCUT2D eigenvalue weighted by Crippen LogP contribution is 2.34. The van der Waals surface area contributed by atoms with Gasteiger partial charge in [0.25, 0.3) is 0 Å². The van der Waals surface area contributed by atoms with Crippen molar-refractivity contribution in [3.05, 3.63) is 54.0 Å². The van der Waals surface area contributed by atoms with Crippen LogP contribution < -0.4 is 4.74 Å². The topological polar surface area (TPSA) is 39.4 Å². The minimum atomic E-state index is -0.0694. The molecule has 0 radical (unpaired) electrons. The summed E-state index contributed by atoms with van der Waals surface area (Å²) in [6, 6.07) is 11.4. The Kier molecular flexibility index (Phi) is 2.89. The Morgan fingerprint density at radius 1 is 1.22 bits per heavy atom. The van der Waals surface area contributed by atoms with E-state index in [-0.39, 0.29) is 11.7 Å². The zero-order valence-electron chi connectivity index (χ0n) is 9.96. The molecular formula is C15H14O3. The number of hydrogen-bond acceptors (Lipinski definition) is 3. The molecule has 3 nitrogen and oxygen atoms in total. The fraction of sp³-hybridized carbons (Fsp3) is 0.267. The van der Waals surface area contributed by atoms with Gasteiger partial charge in [-0.25, -0.2) is 0 Å². The van der Waals surface area contributed by atoms with Gasteiger partial charge in [-0.1, -0.05) is 18.2 Å². The third-order valence-corrected chi connectivity index (χ3v) is 3.28. The van der Waals surface area contributed by atoms with E-state index in [1.807, 2.05) is 30.3 Å². The molecule has 18 heavy (non-hydrogen) atoms. The van der Waals surface area contributed by atoms with Crippen LogP contribution >= 0.6 is 0 Å². The smallest absolute Gasteiger partial charge is 0.148 e. The molecule has 92 valence electrons. The lowest BCUT2D eigenvalue weighted by Gasteiger charge is -2.24. The summed E-state index contributed by atoms with van der Waals surface area (Å²) in [5, 5.41) is 0. The fourth-order valence-electron chi connectivity index (χ4n) is 2.38. The second kappa shape index (κ2) is 4.69. The highest BCUT2D eigenvalue weighted by molar-refractivity contribution is 5.88. The van der Waals surface area contributed by atoms with Crippen molar-refractivity contribution in [3.63, 3.8) is 0 Å². The maximum absolute atomic E-state index is 12.3. The van der Waals surface area contributed by atoms with Gasteiger partial charge in [0.05, 0.1) is 25.2 Å². The molecule has 3 heteroatoms. The maximum atomic E-state index is 12.3. The summed E-state index contributed by atoms with van der Waals surface area (Å²) in [4.78, 5) is 12.3. The number of Topliss-reactive ketones (excluding diaryl/α,β-unsaturated/α-hetero) is 1. The van der Waals surface area contributed by atoms with Crippen molar-refractivity contribution >= 4 is 5.78 Å². The summed E-state index contributed by atoms with van der Waals surface area (Å²) >= 11 is 0. The van der Waals surface area contributed by atoms with Crippen molar-refractivity contribution in [2.45, 2.75) is 18.8 Å². The van der Waals surface area contributed by atoms with Crippen molar-refractivity contribution in [2.24, 2.45) is 0 Å². The van der Waals surface area contributed by atoms with Crippen molar-refractivity contribution < 1.29 is 13.9 Å². The van der Waals surface area contributed by atoms with E-state index in [1.165, 1.54) is 0 Å². The normalized spacial score (nSPS) is 17.9. The standard InChI is InChI=1S/C15H14O3/c16-14(10-11-4-3-8-17-11)12-7-9-18-15-6-2-1-5-13(12)15/h1-6,8,12H,7,9-10H2. The molecule has 0 saturated heterocycles. The largest absolute Gasteiger partial charge is 0.493 e. The number of rotatable bonds is 3. The summed E-state index contributed by atoms with van der Waals surface area (Å²) in [7, 11) is 0. The summed E-state index contributed by atoms with van der Waals surface area (Å²) in [6.45, 7) is 0.603. The molecule has 1 aromatic heterocycles. The molecule has 0 saturated carbocycles. The average Bonchev–Trinajstić information content (AvgIpc) is 2.91. The highest BCUT2D eigenvalue weighted by atomic mass is 16.5. The number of hydrogen-bond donors (Lipinski definition) is 0. The second-order valence-electron chi connectivity index (χ2n) is 4.45. The van der Waals surface area contributed by atoms with Crippen molar-refractivity contribution in [3.8, 4) is 5.75 Å². The molecule has 0 N–H and O–H groups in total. The number of carbonyl (C=O) groups is 1. The fourth-order valence-corrected chi connectivity index (χ4v) is 2.38. The Morgan fingerprint density at radius 3 is 2.94 bits per heavy atom. The quantitative estimate of drug-likeness (QED) is 0.830. The van der Waals surface area contributed by atoms with Crippen LogP contribution in [0.3, 0.4) is 0 Å². The van der Waals surface area contributed by atoms with Crippen molar-refractivity contribution in [2.75, 3.05) is 6.61 Å². The van der Waals surface area contributed by atoms with Crippen LogP contribution in [0.1, 0.15) is 23.7 Å². The van der Waals surface area contributed by atoms with Gasteiger partial charge in [-0.2, -0.15) is 0 Å². The van der Waals surface area contributed by atoms with Crippen LogP contribution in [-0.4, -0.2) is 12.4 Å². The van der Waals surface area contributed by atoms with E-state index in [2.05, 4.69) is 0 Å². The van der Waals surface area contributed by atoms with E-state index in [4.69, 9.17) is 9.15 Å². The summed E-state index contributed by atoms with van der Waals surface area (Å²) in [6.07, 6.45) is 2.70. The summed E-state index contributed by atoms with van der Waals surface area (Å²) in [5.74, 6) is 1.69. The molecular weight excluding hydrogens is 228 g/mol. The van der Waals surface area contributed by atoms with Crippen LogP contribution in [0.2, 0.25) is 0 Å². The van der Waals surface area contributed by atoms with Crippen molar-refractivity contribution in [1.29, 1.82) is 0 Å². The van der Waals surface area contributed by atoms with E-state index >= 15 is 0 Å². The molecule has 0 bridgehead atoms. The Labute approximate surface area is 105 Å². The maximum Gasteiger partial charge on any atom is 0.148 e. The van der Waals surface area contributed by atoms with Gasteiger partial charge >= 0.3 is 0 Å². The van der Waals surface area contributed by atoms with E-state index < -0.39 is 0 Å². The minimum absolute atomic E-state index is 0.0694. The molecule has 1 unspecified atom stereocenters. The van der Waals surface area contributed by atoms with Crippen LogP contribution in [0.25, 0.3) is 0 Å². The van der Waals surface area contributed by atoms with Crippen LogP contribution in [-0.2, 0) is 11.2 Å². The van der Waals surface area contributed by atoms with Gasteiger partial charge in [-0.15, -0.1) is 0 Å². The number of para-hydroxylation sites is 1. The molecule has 1 aliphatic rings. The number of carbonyl (C=O) groups excluding carboxylic acids is 1. The average molecular weight is 242 g/mol. The molecule has 2 heterocycles. The SMILES string of the molecule is O=C(Cc1ccco1)C1CCOc2ccccc21. The van der Waals surface area contributed by atoms with E-state index in [0.29, 0.717) is 13.0 Å². The highest BCUT2D eigenvalue weighted by Gasteiger charge is 2.27. The lowest BCUT2D eigenvalue weighted by Crippen LogP contribution is -2.22. The number of fused-ring (bicyclic) bond motifs is 1. The summed E-state index contributed by atoms with van der Waals surface area (Å²) < 4.78 is 10.8. The van der Waals surface area contributed by atoms with Gasteiger partial charge in [0.15, 0.2) is 0 Å². The van der Waals surface area contributed by atoms with Gasteiger partial charge in [0.1, 0.15) is 17.3 Å². The van der Waals surface area contributed by atoms with E-state index in [0.717, 1.165) is 23.5 Å². The van der Waals surface area contributed by atoms with Crippen LogP contribution in [0.4, 0.5) is 0 Å². The molecule has 1 aliphatic heterocycles. The van der Waals surface area contributed by atoms with Gasteiger partial charge in [-0.05, 0) is 24.6 Å². The minimum Gasteiger partial charge on any atom is -0.493 e. The lowest BCUT2D eigenvalue weighted by molar-refractivity contribution is -0.120. The first-order chi connectivity index (χ1) is 8.84. The summed E-state index contributed by atoms with van der Waals surface area (Å²) in [5.41, 5.74) is 1.00. The molecule has 0 amide bonds. The molecule has 0 fully saturated rings. The molecule has 3 rings (SSSR count). The first-order valence-electron chi connectivity index (χ1n) is 6.11. The van der Waals surface area contributed by atoms with Crippen molar-refractivity contribution in [1.82, 2.24) is 0 Å². The Balaban J connectivity index is 1.83. The molecule has 2 aromatic rings. The predicted octanol–water partition coefficient (Wildman–Crippen LogP) is 2.96. The molecule has 1 atom stereocenters. The number of furan rings is 1. The van der Waals surface area contributed by atoms with E-state index in [1.54, 1.807) is 12.3 Å². The van der Waals surface area contributed by atoms with E-state index in [9.17, 15) is 4.79 Å². The van der Waals surface area contributed by atoms with Gasteiger partial charge < -0.3 is 9.15 Å². The first kappa shape index (κ1) is 11.1. The number of benzene rings is 1. The van der Waals surface area contributed by atoms with Gasteiger partial charge in [0, 0.05) is 5.56 Å². The third-order valence-electron chi connectivity index (χ3n) is 3.28. The van der Waals surface area contributed by atoms with Crippen LogP contribution in [0.5, 0.6) is 5.75 Å². The Morgan fingerprint density at radius 2 is 2.11 bits per heavy atom. The van der Waals surface area contributed by atoms with Gasteiger partial charge in [-0.3, -0.25) is 4.79 Å². The van der Waals surface area contributed by atoms with Crippen LogP contribution in [0, 0.1) is 0 Å². The Hall–Kier alpha value is -2.03. The molecule has 1 aromatic carbocycles. The zero-order valence-corrected chi connectivity index (χ0v) is 9.96. The third kappa shape index (κ3) is 2.04. The second-order valence-corrected chi connectivity index (χ2v) is 4.45. The number of ether oxygens (including phenoxy) is 1. The predicted molar refractivity (Wildman–Crippen MR) is 66.7 cm³/mol. The zero-order chi connectivity index (χ0) is 12.4. The Bertz CT molecular complexity index is 543. The molecule has 0 aliphatic carbocycles. The molecule has 0 spiro atoms. The lowest BCUT2D eigenvalue weighted by atomic mass is 9.88. The van der Waals surface area contributed by atoms with Gasteiger partial charge in [0.2, 0.25) is 0 Å². The first-order valence-corrected chi connectivity index (χ1v) is 6.11. The number of ketones is 1. The monoisotopic (exact) mass is 242 g/mol.